The minimum absolute atomic E-state index is 0.0644. The number of carbonyl (C=O) groups is 1. The van der Waals surface area contributed by atoms with E-state index in [1.54, 1.807) is 48.6 Å². The highest BCUT2D eigenvalue weighted by Crippen LogP contribution is 2.07. The second-order valence-electron chi connectivity index (χ2n) is 5.95. The first-order chi connectivity index (χ1) is 12.0. The quantitative estimate of drug-likeness (QED) is 0.284. The Morgan fingerprint density at radius 1 is 0.840 bits per heavy atom. The van der Waals surface area contributed by atoms with Crippen LogP contribution >= 0.6 is 0 Å². The van der Waals surface area contributed by atoms with Crippen molar-refractivity contribution in [1.29, 1.82) is 0 Å². The van der Waals surface area contributed by atoms with Crippen LogP contribution in [0.3, 0.4) is 0 Å². The summed E-state index contributed by atoms with van der Waals surface area (Å²) in [4.78, 5) is 10.4. The Hall–Kier alpha value is -1.69. The van der Waals surface area contributed by atoms with Crippen LogP contribution in [-0.4, -0.2) is 44.7 Å². The van der Waals surface area contributed by atoms with Crippen molar-refractivity contribution in [2.75, 3.05) is 0 Å². The molecule has 0 aliphatic carbocycles. The lowest BCUT2D eigenvalue weighted by Gasteiger charge is -2.13. The molecule has 5 nitrogen and oxygen atoms in total. The maximum atomic E-state index is 10.4. The number of aliphatic carboxylic acids is 1. The van der Waals surface area contributed by atoms with E-state index in [9.17, 15) is 20.1 Å². The molecular formula is C20H32O5. The summed E-state index contributed by atoms with van der Waals surface area (Å²) in [6.45, 7) is 2.09. The monoisotopic (exact) mass is 352 g/mol. The molecule has 0 aromatic heterocycles. The molecular weight excluding hydrogens is 320 g/mol. The van der Waals surface area contributed by atoms with Crippen molar-refractivity contribution >= 4 is 5.97 Å². The third-order valence-corrected chi connectivity index (χ3v) is 3.59. The van der Waals surface area contributed by atoms with Crippen LogP contribution in [0, 0.1) is 0 Å². The smallest absolute Gasteiger partial charge is 0.303 e. The fraction of sp³-hybridized carbons (Fsp3) is 0.550. The molecule has 142 valence electrons. The third kappa shape index (κ3) is 15.6. The minimum atomic E-state index is -0.855. The average molecular weight is 352 g/mol. The van der Waals surface area contributed by atoms with Gasteiger partial charge in [0.1, 0.15) is 0 Å². The van der Waals surface area contributed by atoms with Gasteiger partial charge in [-0.15, -0.1) is 0 Å². The fourth-order valence-corrected chi connectivity index (χ4v) is 2.09. The van der Waals surface area contributed by atoms with Gasteiger partial charge in [0.2, 0.25) is 0 Å². The van der Waals surface area contributed by atoms with E-state index in [1.807, 2.05) is 0 Å². The molecule has 0 fully saturated rings. The molecule has 0 bridgehead atoms. The maximum Gasteiger partial charge on any atom is 0.303 e. The molecule has 0 aliphatic heterocycles. The molecule has 0 rings (SSSR count). The molecule has 0 saturated carbocycles. The van der Waals surface area contributed by atoms with Crippen LogP contribution in [0.1, 0.15) is 51.9 Å². The summed E-state index contributed by atoms with van der Waals surface area (Å²) in [5.41, 5.74) is 0. The third-order valence-electron chi connectivity index (χ3n) is 3.59. The Balaban J connectivity index is 3.96. The summed E-state index contributed by atoms with van der Waals surface area (Å²) < 4.78 is 0. The summed E-state index contributed by atoms with van der Waals surface area (Å²) in [6, 6.07) is 0. The summed E-state index contributed by atoms with van der Waals surface area (Å²) in [5, 5.41) is 37.6. The Morgan fingerprint density at radius 3 is 2.04 bits per heavy atom. The number of rotatable bonds is 14. The molecule has 0 aliphatic rings. The highest BCUT2D eigenvalue weighted by molar-refractivity contribution is 5.66. The van der Waals surface area contributed by atoms with Crippen LogP contribution in [0.15, 0.2) is 48.6 Å². The lowest BCUT2D eigenvalue weighted by molar-refractivity contribution is -0.137. The topological polar surface area (TPSA) is 98.0 Å². The van der Waals surface area contributed by atoms with E-state index in [0.29, 0.717) is 19.3 Å². The van der Waals surface area contributed by atoms with E-state index in [2.05, 4.69) is 6.92 Å². The average Bonchev–Trinajstić information content (AvgIpc) is 2.56. The second kappa shape index (κ2) is 15.8. The van der Waals surface area contributed by atoms with Crippen molar-refractivity contribution < 1.29 is 25.2 Å². The summed E-state index contributed by atoms with van der Waals surface area (Å²) in [5.74, 6) is -0.854. The van der Waals surface area contributed by atoms with E-state index >= 15 is 0 Å². The van der Waals surface area contributed by atoms with Gasteiger partial charge in [-0.05, 0) is 19.3 Å². The number of hydrogen-bond acceptors (Lipinski definition) is 4. The molecule has 3 atom stereocenters. The number of aliphatic hydroxyl groups is 3. The first-order valence-electron chi connectivity index (χ1n) is 8.91. The molecule has 5 heteroatoms. The van der Waals surface area contributed by atoms with Gasteiger partial charge in [-0.3, -0.25) is 4.79 Å². The highest BCUT2D eigenvalue weighted by Gasteiger charge is 2.11. The van der Waals surface area contributed by atoms with E-state index in [0.717, 1.165) is 19.3 Å². The Morgan fingerprint density at radius 2 is 1.44 bits per heavy atom. The van der Waals surface area contributed by atoms with Crippen molar-refractivity contribution in [3.8, 4) is 0 Å². The molecule has 4 N–H and O–H groups in total. The molecule has 0 aromatic rings. The molecule has 0 heterocycles. The van der Waals surface area contributed by atoms with E-state index in [4.69, 9.17) is 5.11 Å². The van der Waals surface area contributed by atoms with Gasteiger partial charge in [-0.1, -0.05) is 74.8 Å². The number of carboxylic acids is 1. The Labute approximate surface area is 150 Å². The summed E-state index contributed by atoms with van der Waals surface area (Å²) >= 11 is 0. The normalized spacial score (nSPS) is 16.3. The Kier molecular flexibility index (Phi) is 14.7. The van der Waals surface area contributed by atoms with Crippen molar-refractivity contribution in [3.05, 3.63) is 48.6 Å². The molecule has 25 heavy (non-hydrogen) atoms. The highest BCUT2D eigenvalue weighted by atomic mass is 16.4. The van der Waals surface area contributed by atoms with Gasteiger partial charge >= 0.3 is 5.97 Å². The summed E-state index contributed by atoms with van der Waals surface area (Å²) in [7, 11) is 0. The van der Waals surface area contributed by atoms with Crippen LogP contribution in [0.2, 0.25) is 0 Å². The molecule has 0 amide bonds. The fourth-order valence-electron chi connectivity index (χ4n) is 2.09. The Bertz CT molecular complexity index is 451. The van der Waals surface area contributed by atoms with Gasteiger partial charge in [-0.2, -0.15) is 0 Å². The molecule has 0 saturated heterocycles. The lowest BCUT2D eigenvalue weighted by Crippen LogP contribution is -2.23. The number of aliphatic hydroxyl groups excluding tert-OH is 3. The van der Waals surface area contributed by atoms with Gasteiger partial charge in [0, 0.05) is 6.42 Å². The number of allylic oxidation sites excluding steroid dienone is 6. The first kappa shape index (κ1) is 23.3. The second-order valence-corrected chi connectivity index (χ2v) is 5.95. The van der Waals surface area contributed by atoms with Crippen LogP contribution < -0.4 is 0 Å². The van der Waals surface area contributed by atoms with E-state index in [1.165, 1.54) is 0 Å². The predicted molar refractivity (Wildman–Crippen MR) is 100 cm³/mol. The van der Waals surface area contributed by atoms with Crippen LogP contribution in [-0.2, 0) is 4.79 Å². The zero-order valence-electron chi connectivity index (χ0n) is 15.0. The standard InChI is InChI=1S/C20H32O5/c1-2-3-8-14-18(22)19(23)15-10-7-5-4-6-9-12-17(21)13-11-16-20(24)25/h4-7,9-10,12,15,17-19,21-23H,2-3,8,11,13-14,16H2,1H3,(H,24,25)/b6-4-,7-5+,12-9+,15-10+. The van der Waals surface area contributed by atoms with Crippen molar-refractivity contribution in [1.82, 2.24) is 0 Å². The zero-order valence-corrected chi connectivity index (χ0v) is 15.0. The molecule has 0 aromatic carbocycles. The molecule has 3 unspecified atom stereocenters. The molecule has 0 radical (unpaired) electrons. The van der Waals surface area contributed by atoms with Crippen LogP contribution in [0.5, 0.6) is 0 Å². The number of hydrogen-bond donors (Lipinski definition) is 4. The zero-order chi connectivity index (χ0) is 18.9. The number of carboxylic acid groups (broad SMARTS) is 1. The largest absolute Gasteiger partial charge is 0.481 e. The van der Waals surface area contributed by atoms with Gasteiger partial charge in [0.05, 0.1) is 18.3 Å². The lowest BCUT2D eigenvalue weighted by atomic mass is 10.1. The van der Waals surface area contributed by atoms with Crippen molar-refractivity contribution in [3.63, 3.8) is 0 Å². The number of unbranched alkanes of at least 4 members (excludes halogenated alkanes) is 2. The minimum Gasteiger partial charge on any atom is -0.481 e. The van der Waals surface area contributed by atoms with Gasteiger partial charge in [0.25, 0.3) is 0 Å². The summed E-state index contributed by atoms with van der Waals surface area (Å²) in [6.07, 6.45) is 16.0. The maximum absolute atomic E-state index is 10.4. The van der Waals surface area contributed by atoms with Gasteiger partial charge in [0.15, 0.2) is 0 Å². The first-order valence-corrected chi connectivity index (χ1v) is 8.91. The van der Waals surface area contributed by atoms with Crippen LogP contribution in [0.25, 0.3) is 0 Å². The van der Waals surface area contributed by atoms with E-state index < -0.39 is 24.3 Å². The van der Waals surface area contributed by atoms with Crippen molar-refractivity contribution in [2.24, 2.45) is 0 Å². The van der Waals surface area contributed by atoms with Gasteiger partial charge < -0.3 is 20.4 Å². The van der Waals surface area contributed by atoms with Crippen LogP contribution in [0.4, 0.5) is 0 Å². The molecule has 0 spiro atoms. The van der Waals surface area contributed by atoms with E-state index in [-0.39, 0.29) is 6.42 Å². The SMILES string of the molecule is CCCCCC(O)C(O)/C=C/C=C/C=C\C=C\C(O)CCCC(=O)O. The van der Waals surface area contributed by atoms with Gasteiger partial charge in [-0.25, -0.2) is 0 Å². The predicted octanol–water partition coefficient (Wildman–Crippen LogP) is 3.13. The van der Waals surface area contributed by atoms with Crippen molar-refractivity contribution in [2.45, 2.75) is 70.2 Å².